The van der Waals surface area contributed by atoms with Crippen LogP contribution < -0.4 is 10.7 Å². The molecule has 3 N–H and O–H groups in total. The number of likely N-dealkylation sites (tertiary alicyclic amines) is 1. The zero-order valence-corrected chi connectivity index (χ0v) is 21.3. The lowest BCUT2D eigenvalue weighted by Crippen LogP contribution is -2.44. The van der Waals surface area contributed by atoms with Crippen LogP contribution in [0.4, 0.5) is 22.0 Å². The molecule has 1 fully saturated rings. The van der Waals surface area contributed by atoms with Crippen LogP contribution >= 0.6 is 0 Å². The quantitative estimate of drug-likeness (QED) is 0.351. The SMILES string of the molecule is CC1=C(C(F)(F)F)C=CC(NC(O)C2=NNC3CCC(C4=CC(CN5CCC(F)(F)CC5)CN=C4)C=C23)C1. The third-order valence-electron chi connectivity index (χ3n) is 8.09. The zero-order chi connectivity index (χ0) is 27.1. The number of fused-ring (bicyclic) bond motifs is 1. The van der Waals surface area contributed by atoms with Gasteiger partial charge in [0.15, 0.2) is 6.23 Å². The fourth-order valence-corrected chi connectivity index (χ4v) is 5.99. The van der Waals surface area contributed by atoms with E-state index in [0.29, 0.717) is 31.9 Å². The molecular weight excluding hydrogens is 505 g/mol. The second kappa shape index (κ2) is 10.7. The summed E-state index contributed by atoms with van der Waals surface area (Å²) in [4.78, 5) is 6.65. The van der Waals surface area contributed by atoms with Crippen molar-refractivity contribution >= 4 is 11.9 Å². The van der Waals surface area contributed by atoms with Gasteiger partial charge in [-0.05, 0) is 37.3 Å². The Morgan fingerprint density at radius 1 is 1.21 bits per heavy atom. The van der Waals surface area contributed by atoms with E-state index in [1.165, 1.54) is 13.0 Å². The molecule has 208 valence electrons. The lowest BCUT2D eigenvalue weighted by Gasteiger charge is -2.34. The van der Waals surface area contributed by atoms with Crippen LogP contribution in [0.2, 0.25) is 0 Å². The Kier molecular flexibility index (Phi) is 7.63. The number of allylic oxidation sites excluding steroid dienone is 4. The first-order valence-electron chi connectivity index (χ1n) is 13.2. The van der Waals surface area contributed by atoms with Gasteiger partial charge in [-0.3, -0.25) is 10.3 Å². The van der Waals surface area contributed by atoms with Gasteiger partial charge >= 0.3 is 6.18 Å². The van der Waals surface area contributed by atoms with E-state index in [2.05, 4.69) is 37.9 Å². The Hall–Kier alpha value is -2.37. The fourth-order valence-electron chi connectivity index (χ4n) is 5.99. The van der Waals surface area contributed by atoms with E-state index >= 15 is 0 Å². The van der Waals surface area contributed by atoms with Gasteiger partial charge in [-0.15, -0.1) is 0 Å². The van der Waals surface area contributed by atoms with Crippen molar-refractivity contribution in [1.82, 2.24) is 15.6 Å². The van der Waals surface area contributed by atoms with Crippen molar-refractivity contribution < 1.29 is 27.1 Å². The highest BCUT2D eigenvalue weighted by Gasteiger charge is 2.38. The summed E-state index contributed by atoms with van der Waals surface area (Å²) in [6, 6.07) is -0.466. The second-order valence-electron chi connectivity index (χ2n) is 11.0. The highest BCUT2D eigenvalue weighted by Crippen LogP contribution is 2.35. The molecule has 1 saturated heterocycles. The summed E-state index contributed by atoms with van der Waals surface area (Å²) in [6.45, 7) is 3.59. The molecule has 38 heavy (non-hydrogen) atoms. The number of nitrogens with zero attached hydrogens (tertiary/aromatic N) is 3. The van der Waals surface area contributed by atoms with Gasteiger partial charge in [-0.25, -0.2) is 8.78 Å². The van der Waals surface area contributed by atoms with E-state index in [-0.39, 0.29) is 42.7 Å². The van der Waals surface area contributed by atoms with E-state index in [9.17, 15) is 27.1 Å². The molecule has 6 nitrogen and oxygen atoms in total. The molecule has 0 amide bonds. The molecule has 5 atom stereocenters. The highest BCUT2D eigenvalue weighted by molar-refractivity contribution is 6.05. The van der Waals surface area contributed by atoms with Crippen LogP contribution in [0.1, 0.15) is 39.0 Å². The maximum atomic E-state index is 13.5. The topological polar surface area (TPSA) is 72.2 Å². The number of nitrogens with one attached hydrogen (secondary N) is 2. The first kappa shape index (κ1) is 27.2. The monoisotopic (exact) mass is 539 g/mol. The van der Waals surface area contributed by atoms with E-state index in [4.69, 9.17) is 0 Å². The van der Waals surface area contributed by atoms with E-state index in [1.807, 2.05) is 6.21 Å². The Bertz CT molecular complexity index is 1100. The summed E-state index contributed by atoms with van der Waals surface area (Å²) in [5.41, 5.74) is 5.09. The van der Waals surface area contributed by atoms with Gasteiger partial charge < -0.3 is 15.4 Å². The molecule has 0 saturated carbocycles. The molecule has 0 spiro atoms. The molecule has 0 aromatic carbocycles. The van der Waals surface area contributed by atoms with E-state index < -0.39 is 29.9 Å². The molecule has 2 aliphatic carbocycles. The minimum Gasteiger partial charge on any atom is -0.373 e. The third kappa shape index (κ3) is 6.10. The second-order valence-corrected chi connectivity index (χ2v) is 11.0. The maximum absolute atomic E-state index is 13.5. The summed E-state index contributed by atoms with van der Waals surface area (Å²) in [6.07, 6.45) is 4.81. The van der Waals surface area contributed by atoms with Crippen LogP contribution in [0.3, 0.4) is 0 Å². The molecule has 3 aliphatic heterocycles. The van der Waals surface area contributed by atoms with Gasteiger partial charge in [0, 0.05) is 63.1 Å². The summed E-state index contributed by atoms with van der Waals surface area (Å²) in [5.74, 6) is -2.31. The van der Waals surface area contributed by atoms with E-state index in [0.717, 1.165) is 30.1 Å². The Labute approximate surface area is 219 Å². The predicted octanol–water partition coefficient (Wildman–Crippen LogP) is 4.12. The lowest BCUT2D eigenvalue weighted by molar-refractivity contribution is -0.0894. The summed E-state index contributed by atoms with van der Waals surface area (Å²) in [7, 11) is 0. The molecule has 0 radical (unpaired) electrons. The van der Waals surface area contributed by atoms with Crippen LogP contribution in [0.25, 0.3) is 0 Å². The molecule has 3 heterocycles. The van der Waals surface area contributed by atoms with Gasteiger partial charge in [-0.2, -0.15) is 18.3 Å². The number of aliphatic imine (C=N–C) groups is 1. The number of alkyl halides is 5. The summed E-state index contributed by atoms with van der Waals surface area (Å²) >= 11 is 0. The van der Waals surface area contributed by atoms with Gasteiger partial charge in [0.1, 0.15) is 5.71 Å². The molecule has 5 rings (SSSR count). The zero-order valence-electron chi connectivity index (χ0n) is 21.3. The van der Waals surface area contributed by atoms with Gasteiger partial charge in [-0.1, -0.05) is 29.9 Å². The Balaban J connectivity index is 1.22. The van der Waals surface area contributed by atoms with Crippen LogP contribution in [0, 0.1) is 11.8 Å². The molecular formula is C27H34F5N5O. The number of hydrazone groups is 1. The maximum Gasteiger partial charge on any atom is 0.416 e. The van der Waals surface area contributed by atoms with Crippen LogP contribution in [-0.2, 0) is 0 Å². The molecule has 5 unspecified atom stereocenters. The van der Waals surface area contributed by atoms with Gasteiger partial charge in [0.05, 0.1) is 11.6 Å². The van der Waals surface area contributed by atoms with Crippen molar-refractivity contribution in [3.63, 3.8) is 0 Å². The highest BCUT2D eigenvalue weighted by atomic mass is 19.4. The van der Waals surface area contributed by atoms with Crippen LogP contribution in [0.5, 0.6) is 0 Å². The first-order valence-corrected chi connectivity index (χ1v) is 13.2. The Morgan fingerprint density at radius 2 is 1.97 bits per heavy atom. The first-order chi connectivity index (χ1) is 18.0. The predicted molar refractivity (Wildman–Crippen MR) is 136 cm³/mol. The number of hydrogen-bond acceptors (Lipinski definition) is 6. The number of hydrogen-bond donors (Lipinski definition) is 3. The smallest absolute Gasteiger partial charge is 0.373 e. The van der Waals surface area contributed by atoms with Gasteiger partial charge in [0.2, 0.25) is 0 Å². The third-order valence-corrected chi connectivity index (χ3v) is 8.09. The average molecular weight is 540 g/mol. The number of aliphatic hydroxyl groups is 1. The largest absolute Gasteiger partial charge is 0.416 e. The van der Waals surface area contributed by atoms with Crippen molar-refractivity contribution in [2.75, 3.05) is 26.2 Å². The summed E-state index contributed by atoms with van der Waals surface area (Å²) in [5, 5.41) is 18.3. The van der Waals surface area contributed by atoms with Crippen molar-refractivity contribution in [2.45, 2.75) is 69.4 Å². The molecule has 0 bridgehead atoms. The minimum atomic E-state index is -4.39. The van der Waals surface area contributed by atoms with Crippen LogP contribution in [-0.4, -0.2) is 78.5 Å². The lowest BCUT2D eigenvalue weighted by atomic mass is 9.80. The van der Waals surface area contributed by atoms with E-state index in [1.54, 1.807) is 0 Å². The number of halogens is 5. The molecule has 0 aromatic heterocycles. The molecule has 0 aromatic rings. The van der Waals surface area contributed by atoms with Crippen molar-refractivity contribution in [3.05, 3.63) is 46.6 Å². The van der Waals surface area contributed by atoms with Crippen molar-refractivity contribution in [1.29, 1.82) is 0 Å². The number of aliphatic hydroxyl groups excluding tert-OH is 1. The van der Waals surface area contributed by atoms with Crippen molar-refractivity contribution in [3.8, 4) is 0 Å². The van der Waals surface area contributed by atoms with Crippen molar-refractivity contribution in [2.24, 2.45) is 21.9 Å². The Morgan fingerprint density at radius 3 is 2.68 bits per heavy atom. The summed E-state index contributed by atoms with van der Waals surface area (Å²) < 4.78 is 66.4. The van der Waals surface area contributed by atoms with Crippen LogP contribution in [0.15, 0.2) is 56.7 Å². The number of dihydropyridines is 1. The standard InChI is InChI=1S/C27H34F5N5O/c1-16-10-20(3-4-22(16)27(30,31)32)34-25(38)24-21-12-18(2-5-23(21)35-36-24)19-11-17(13-33-14-19)15-37-8-6-26(28,29)7-9-37/h3-4,11-12,14,17-18,20,23,25,34-35,38H,2,5-10,13,15H2,1H3. The number of piperidine rings is 1. The fraction of sp³-hybridized carbons (Fsp3) is 0.630. The average Bonchev–Trinajstić information content (AvgIpc) is 3.28. The minimum absolute atomic E-state index is 0.0231. The van der Waals surface area contributed by atoms with Gasteiger partial charge in [0.25, 0.3) is 5.92 Å². The molecule has 11 heteroatoms. The number of rotatable bonds is 6. The molecule has 5 aliphatic rings. The normalized spacial score (nSPS) is 32.3.